The lowest BCUT2D eigenvalue weighted by molar-refractivity contribution is -0.143. The molecule has 2 aromatic heterocycles. The molecule has 0 spiro atoms. The minimum atomic E-state index is -5.05. The molecule has 2 aromatic carbocycles. The predicted molar refractivity (Wildman–Crippen MR) is 173 cm³/mol. The molecule has 51 heavy (non-hydrogen) atoms. The van der Waals surface area contributed by atoms with Gasteiger partial charge in [0.15, 0.2) is 11.5 Å². The van der Waals surface area contributed by atoms with Gasteiger partial charge in [0, 0.05) is 18.7 Å². The molecule has 15 heteroatoms. The van der Waals surface area contributed by atoms with E-state index in [2.05, 4.69) is 10.1 Å². The van der Waals surface area contributed by atoms with Crippen molar-refractivity contribution in [3.8, 4) is 22.8 Å². The number of benzene rings is 2. The minimum Gasteiger partial charge on any atom is -0.488 e. The van der Waals surface area contributed by atoms with Crippen molar-refractivity contribution >= 4 is 12.1 Å². The molecule has 0 unspecified atom stereocenters. The summed E-state index contributed by atoms with van der Waals surface area (Å²) in [5, 5.41) is 3.71. The Balaban J connectivity index is 1.38. The predicted octanol–water partition coefficient (Wildman–Crippen LogP) is 8.84. The Bertz CT molecular complexity index is 1860. The van der Waals surface area contributed by atoms with Crippen molar-refractivity contribution < 1.29 is 50.1 Å². The van der Waals surface area contributed by atoms with Crippen molar-refractivity contribution in [2.75, 3.05) is 19.7 Å². The number of aromatic nitrogens is 3. The summed E-state index contributed by atoms with van der Waals surface area (Å²) >= 11 is 0. The number of alkyl halides is 6. The van der Waals surface area contributed by atoms with Gasteiger partial charge in [-0.25, -0.2) is 19.3 Å². The van der Waals surface area contributed by atoms with E-state index in [9.17, 15) is 35.9 Å². The maximum absolute atomic E-state index is 14.2. The number of ether oxygens (including phenoxy) is 3. The molecule has 1 fully saturated rings. The Kier molecular flexibility index (Phi) is 10.7. The summed E-state index contributed by atoms with van der Waals surface area (Å²) in [6.45, 7) is 7.50. The molecule has 1 aliphatic rings. The highest BCUT2D eigenvalue weighted by molar-refractivity contribution is 5.90. The number of hydrogen-bond donors (Lipinski definition) is 0. The number of para-hydroxylation sites is 1. The fourth-order valence-electron chi connectivity index (χ4n) is 5.73. The monoisotopic (exact) mass is 718 g/mol. The maximum Gasteiger partial charge on any atom is 0.434 e. The quantitative estimate of drug-likeness (QED) is 0.133. The number of piperidine rings is 1. The number of amides is 1. The Hall–Kier alpha value is -5.08. The van der Waals surface area contributed by atoms with Crippen molar-refractivity contribution in [2.24, 2.45) is 0 Å². The van der Waals surface area contributed by atoms with Crippen LogP contribution in [0, 0.1) is 0 Å². The SMILES string of the molecule is CCOC(=O)c1cnn(-c2cccc(-c3cccc(C(F)(F)F)c3OCc3ccc(C4CCN(C(=O)OC(C)(C)C)CC4)cc3)n2)c1C(F)(F)F. The van der Waals surface area contributed by atoms with Gasteiger partial charge in [-0.1, -0.05) is 36.4 Å². The first-order chi connectivity index (χ1) is 24.0. The van der Waals surface area contributed by atoms with Gasteiger partial charge < -0.3 is 19.1 Å². The highest BCUT2D eigenvalue weighted by Crippen LogP contribution is 2.42. The number of nitrogens with zero attached hydrogens (tertiary/aromatic N) is 4. The van der Waals surface area contributed by atoms with Gasteiger partial charge in [-0.05, 0) is 81.8 Å². The van der Waals surface area contributed by atoms with Crippen molar-refractivity contribution in [3.05, 3.63) is 94.8 Å². The second kappa shape index (κ2) is 14.6. The number of likely N-dealkylation sites (tertiary alicyclic amines) is 1. The molecule has 9 nitrogen and oxygen atoms in total. The van der Waals surface area contributed by atoms with Gasteiger partial charge in [0.2, 0.25) is 0 Å². The van der Waals surface area contributed by atoms with Gasteiger partial charge in [-0.15, -0.1) is 0 Å². The van der Waals surface area contributed by atoms with E-state index >= 15 is 0 Å². The average molecular weight is 719 g/mol. The van der Waals surface area contributed by atoms with Gasteiger partial charge in [0.05, 0.1) is 24.1 Å². The minimum absolute atomic E-state index is 0.119. The molecular formula is C36H36F6N4O5. The number of pyridine rings is 1. The highest BCUT2D eigenvalue weighted by atomic mass is 19.4. The van der Waals surface area contributed by atoms with Crippen molar-refractivity contribution in [1.82, 2.24) is 19.7 Å². The molecule has 0 atom stereocenters. The van der Waals surface area contributed by atoms with Crippen LogP contribution in [0.4, 0.5) is 31.1 Å². The first-order valence-electron chi connectivity index (χ1n) is 16.2. The van der Waals surface area contributed by atoms with Crippen LogP contribution in [0.25, 0.3) is 17.1 Å². The van der Waals surface area contributed by atoms with Crippen LogP contribution in [0.2, 0.25) is 0 Å². The second-order valence-corrected chi connectivity index (χ2v) is 12.9. The van der Waals surface area contributed by atoms with Crippen LogP contribution in [0.5, 0.6) is 5.75 Å². The Morgan fingerprint density at radius 2 is 1.55 bits per heavy atom. The van der Waals surface area contributed by atoms with E-state index in [-0.39, 0.29) is 36.5 Å². The topological polar surface area (TPSA) is 95.8 Å². The van der Waals surface area contributed by atoms with Gasteiger partial charge in [-0.3, -0.25) is 0 Å². The molecule has 4 aromatic rings. The Morgan fingerprint density at radius 1 is 0.882 bits per heavy atom. The lowest BCUT2D eigenvalue weighted by atomic mass is 9.89. The summed E-state index contributed by atoms with van der Waals surface area (Å²) in [6.07, 6.45) is -8.10. The summed E-state index contributed by atoms with van der Waals surface area (Å²) in [5.74, 6) is -2.02. The zero-order chi connectivity index (χ0) is 37.1. The van der Waals surface area contributed by atoms with E-state index < -0.39 is 52.3 Å². The Labute approximate surface area is 290 Å². The molecule has 1 saturated heterocycles. The van der Waals surface area contributed by atoms with Crippen LogP contribution in [0.15, 0.2) is 66.9 Å². The highest BCUT2D eigenvalue weighted by Gasteiger charge is 2.42. The summed E-state index contributed by atoms with van der Waals surface area (Å²) in [6, 6.07) is 14.4. The molecule has 1 aliphatic heterocycles. The third-order valence-corrected chi connectivity index (χ3v) is 8.06. The molecule has 3 heterocycles. The zero-order valence-corrected chi connectivity index (χ0v) is 28.3. The zero-order valence-electron chi connectivity index (χ0n) is 28.3. The van der Waals surface area contributed by atoms with Crippen molar-refractivity contribution in [2.45, 2.75) is 71.0 Å². The number of hydrogen-bond acceptors (Lipinski definition) is 7. The maximum atomic E-state index is 14.2. The van der Waals surface area contributed by atoms with E-state index in [0.717, 1.165) is 30.5 Å². The molecule has 0 bridgehead atoms. The van der Waals surface area contributed by atoms with Crippen LogP contribution in [-0.2, 0) is 28.4 Å². The van der Waals surface area contributed by atoms with Crippen LogP contribution >= 0.6 is 0 Å². The first kappa shape index (κ1) is 37.2. The smallest absolute Gasteiger partial charge is 0.434 e. The van der Waals surface area contributed by atoms with Crippen LogP contribution in [-0.4, -0.2) is 57.0 Å². The van der Waals surface area contributed by atoms with Gasteiger partial charge in [0.1, 0.15) is 23.5 Å². The first-order valence-corrected chi connectivity index (χ1v) is 16.2. The van der Waals surface area contributed by atoms with E-state index in [4.69, 9.17) is 14.2 Å². The standard InChI is InChI=1S/C36H36F6N4O5/c1-5-49-32(47)26-20-43-46(31(26)36(40,41)42)29-11-7-10-28(44-29)25-8-6-9-27(35(37,38)39)30(25)50-21-22-12-14-23(15-13-22)24-16-18-45(19-17-24)33(48)51-34(2,3)4/h6-15,20,24H,5,16-19,21H2,1-4H3. The number of carbonyl (C=O) groups is 2. The molecule has 0 N–H and O–H groups in total. The summed E-state index contributed by atoms with van der Waals surface area (Å²) in [5.41, 5.74) is -2.61. The van der Waals surface area contributed by atoms with Gasteiger partial charge in [0.25, 0.3) is 0 Å². The van der Waals surface area contributed by atoms with E-state index in [1.54, 1.807) is 17.0 Å². The van der Waals surface area contributed by atoms with Crippen molar-refractivity contribution in [1.29, 1.82) is 0 Å². The molecule has 0 saturated carbocycles. The van der Waals surface area contributed by atoms with Crippen LogP contribution in [0.1, 0.15) is 79.2 Å². The normalized spacial score (nSPS) is 14.4. The van der Waals surface area contributed by atoms with Crippen molar-refractivity contribution in [3.63, 3.8) is 0 Å². The molecule has 0 radical (unpaired) electrons. The van der Waals surface area contributed by atoms with E-state index in [1.807, 2.05) is 32.9 Å². The third-order valence-electron chi connectivity index (χ3n) is 8.06. The number of halogens is 6. The largest absolute Gasteiger partial charge is 0.488 e. The van der Waals surface area contributed by atoms with Gasteiger partial charge in [-0.2, -0.15) is 31.4 Å². The number of carbonyl (C=O) groups excluding carboxylic acids is 2. The van der Waals surface area contributed by atoms with Gasteiger partial charge >= 0.3 is 24.4 Å². The molecule has 1 amide bonds. The summed E-state index contributed by atoms with van der Waals surface area (Å²) in [4.78, 5) is 30.6. The van der Waals surface area contributed by atoms with Crippen LogP contribution < -0.4 is 4.74 Å². The second-order valence-electron chi connectivity index (χ2n) is 12.9. The number of rotatable bonds is 8. The average Bonchev–Trinajstić information content (AvgIpc) is 3.53. The third kappa shape index (κ3) is 8.81. The Morgan fingerprint density at radius 3 is 2.16 bits per heavy atom. The fraction of sp³-hybridized carbons (Fsp3) is 0.389. The fourth-order valence-corrected chi connectivity index (χ4v) is 5.73. The lowest BCUT2D eigenvalue weighted by Gasteiger charge is -2.33. The molecule has 5 rings (SSSR count). The molecular weight excluding hydrogens is 682 g/mol. The summed E-state index contributed by atoms with van der Waals surface area (Å²) < 4.78 is 102. The molecule has 0 aliphatic carbocycles. The van der Waals surface area contributed by atoms with Crippen LogP contribution in [0.3, 0.4) is 0 Å². The van der Waals surface area contributed by atoms with E-state index in [1.165, 1.54) is 31.2 Å². The lowest BCUT2D eigenvalue weighted by Crippen LogP contribution is -2.41. The summed E-state index contributed by atoms with van der Waals surface area (Å²) in [7, 11) is 0. The molecule has 272 valence electrons. The van der Waals surface area contributed by atoms with E-state index in [0.29, 0.717) is 29.5 Å². The number of esters is 1.